The van der Waals surface area contributed by atoms with Crippen molar-refractivity contribution in [3.8, 4) is 0 Å². The Morgan fingerprint density at radius 2 is 1.98 bits per heavy atom. The van der Waals surface area contributed by atoms with Crippen molar-refractivity contribution in [2.24, 2.45) is 7.05 Å². The maximum absolute atomic E-state index is 13.2. The summed E-state index contributed by atoms with van der Waals surface area (Å²) in [5.41, 5.74) is 8.49. The van der Waals surface area contributed by atoms with Crippen LogP contribution in [0, 0.1) is 6.92 Å². The minimum atomic E-state index is -0.0808. The second-order valence-corrected chi connectivity index (χ2v) is 11.6. The summed E-state index contributed by atoms with van der Waals surface area (Å²) in [6.45, 7) is 15.1. The lowest BCUT2D eigenvalue weighted by molar-refractivity contribution is 0.0150. The minimum Gasteiger partial charge on any atom is -0.379 e. The average Bonchev–Trinajstić information content (AvgIpc) is 3.81. The Bertz CT molecular complexity index is 1460. The average molecular weight is 553 g/mol. The molecule has 1 aromatic carbocycles. The van der Waals surface area contributed by atoms with Crippen LogP contribution >= 0.6 is 0 Å². The van der Waals surface area contributed by atoms with Gasteiger partial charge in [-0.2, -0.15) is 0 Å². The van der Waals surface area contributed by atoms with E-state index in [1.165, 1.54) is 24.0 Å². The van der Waals surface area contributed by atoms with E-state index in [9.17, 15) is 4.79 Å². The number of fused-ring (bicyclic) bond motifs is 1. The molecule has 2 aromatic heterocycles. The quantitative estimate of drug-likeness (QED) is 0.310. The highest BCUT2D eigenvalue weighted by atomic mass is 16.5. The van der Waals surface area contributed by atoms with Crippen LogP contribution in [-0.2, 0) is 11.8 Å². The van der Waals surface area contributed by atoms with Gasteiger partial charge in [-0.15, -0.1) is 0 Å². The van der Waals surface area contributed by atoms with Gasteiger partial charge in [0.2, 0.25) is 0 Å². The van der Waals surface area contributed by atoms with E-state index < -0.39 is 0 Å². The van der Waals surface area contributed by atoms with E-state index in [4.69, 9.17) is 9.72 Å². The minimum absolute atomic E-state index is 0.0808. The lowest BCUT2D eigenvalue weighted by Gasteiger charge is -2.36. The summed E-state index contributed by atoms with van der Waals surface area (Å²) in [7, 11) is 2.00. The molecule has 216 valence electrons. The van der Waals surface area contributed by atoms with Crippen LogP contribution in [0.5, 0.6) is 0 Å². The molecule has 1 aliphatic heterocycles. The molecule has 1 unspecified atom stereocenters. The number of nitrogens with zero attached hydrogens (tertiary/aromatic N) is 3. The highest BCUT2D eigenvalue weighted by molar-refractivity contribution is 6.13. The monoisotopic (exact) mass is 552 g/mol. The molecule has 2 aliphatic carbocycles. The zero-order valence-electron chi connectivity index (χ0n) is 24.9. The van der Waals surface area contributed by atoms with Gasteiger partial charge >= 0.3 is 0 Å². The van der Waals surface area contributed by atoms with Crippen LogP contribution in [0.15, 0.2) is 67.5 Å². The van der Waals surface area contributed by atoms with Gasteiger partial charge in [0.1, 0.15) is 0 Å². The third-order valence-corrected chi connectivity index (χ3v) is 8.64. The summed E-state index contributed by atoms with van der Waals surface area (Å²) >= 11 is 0. The topological polar surface area (TPSA) is 59.4 Å². The Kier molecular flexibility index (Phi) is 9.21. The van der Waals surface area contributed by atoms with E-state index >= 15 is 0 Å². The normalized spacial score (nSPS) is 19.2. The predicted octanol–water partition coefficient (Wildman–Crippen LogP) is 7.42. The molecule has 41 heavy (non-hydrogen) atoms. The molecule has 1 atom stereocenters. The van der Waals surface area contributed by atoms with E-state index in [1.807, 2.05) is 17.8 Å². The van der Waals surface area contributed by atoms with Gasteiger partial charge in [-0.3, -0.25) is 14.7 Å². The van der Waals surface area contributed by atoms with Gasteiger partial charge in [-0.05, 0) is 86.3 Å². The number of rotatable bonds is 7. The highest BCUT2D eigenvalue weighted by Gasteiger charge is 2.26. The van der Waals surface area contributed by atoms with Crippen LogP contribution in [0.3, 0.4) is 0 Å². The Morgan fingerprint density at radius 3 is 2.59 bits per heavy atom. The fourth-order valence-electron chi connectivity index (χ4n) is 5.89. The third kappa shape index (κ3) is 6.88. The van der Waals surface area contributed by atoms with E-state index in [2.05, 4.69) is 67.6 Å². The van der Waals surface area contributed by atoms with Crippen molar-refractivity contribution < 1.29 is 9.53 Å². The van der Waals surface area contributed by atoms with Crippen molar-refractivity contribution in [1.82, 2.24) is 14.5 Å². The number of ether oxygens (including phenoxy) is 1. The maximum Gasteiger partial charge on any atom is 0.257 e. The van der Waals surface area contributed by atoms with Crippen molar-refractivity contribution >= 4 is 28.1 Å². The van der Waals surface area contributed by atoms with Gasteiger partial charge in [-0.1, -0.05) is 43.9 Å². The van der Waals surface area contributed by atoms with Crippen LogP contribution in [0.25, 0.3) is 16.5 Å². The number of carbonyl (C=O) groups is 1. The van der Waals surface area contributed by atoms with Crippen LogP contribution in [0.2, 0.25) is 0 Å². The summed E-state index contributed by atoms with van der Waals surface area (Å²) in [5, 5.41) is 4.12. The van der Waals surface area contributed by atoms with E-state index in [0.717, 1.165) is 91.0 Å². The summed E-state index contributed by atoms with van der Waals surface area (Å²) < 4.78 is 7.54. The molecule has 1 amide bonds. The number of aryl methyl sites for hydroxylation is 2. The SMILES string of the molecule is C=CC(=C)CC.Cc1cc(NC(=O)c2cn(C)c3ccc(C4CC4)cc23)cnc1C1=CCC(N2CCOCC2)CC1. The van der Waals surface area contributed by atoms with Crippen molar-refractivity contribution in [3.63, 3.8) is 0 Å². The lowest BCUT2D eigenvalue weighted by atomic mass is 9.90. The summed E-state index contributed by atoms with van der Waals surface area (Å²) in [6.07, 6.45) is 14.7. The van der Waals surface area contributed by atoms with Gasteiger partial charge in [0.15, 0.2) is 0 Å². The van der Waals surface area contributed by atoms with Gasteiger partial charge in [0, 0.05) is 43.3 Å². The van der Waals surface area contributed by atoms with Crippen molar-refractivity contribution in [1.29, 1.82) is 0 Å². The first-order valence-electron chi connectivity index (χ1n) is 15.1. The number of benzene rings is 1. The van der Waals surface area contributed by atoms with Crippen molar-refractivity contribution in [3.05, 3.63) is 89.9 Å². The van der Waals surface area contributed by atoms with Crippen LogP contribution in [0.4, 0.5) is 5.69 Å². The first-order chi connectivity index (χ1) is 19.9. The molecule has 6 heteroatoms. The molecule has 3 aromatic rings. The Morgan fingerprint density at radius 1 is 1.20 bits per heavy atom. The molecule has 2 fully saturated rings. The molecule has 1 saturated heterocycles. The van der Waals surface area contributed by atoms with Crippen molar-refractivity contribution in [2.75, 3.05) is 31.6 Å². The molecule has 1 N–H and O–H groups in total. The molecule has 6 rings (SSSR count). The fourth-order valence-corrected chi connectivity index (χ4v) is 5.89. The van der Waals surface area contributed by atoms with Crippen molar-refractivity contribution in [2.45, 2.75) is 64.3 Å². The number of amides is 1. The fraction of sp³-hybridized carbons (Fsp3) is 0.429. The Hall–Kier alpha value is -3.48. The zero-order valence-corrected chi connectivity index (χ0v) is 24.9. The van der Waals surface area contributed by atoms with Gasteiger partial charge in [0.05, 0.1) is 36.4 Å². The number of allylic oxidation sites excluding steroid dienone is 3. The third-order valence-electron chi connectivity index (χ3n) is 8.64. The maximum atomic E-state index is 13.2. The standard InChI is InChI=1S/C29H34N4O2.C6H10/c1-19-15-23(17-30-28(19)21-5-8-24(9-6-21)33-11-13-35-14-12-33)31-29(34)26-18-32(2)27-10-7-22(16-25(26)27)20-3-4-20;1-4-6(3)5-2/h5,7,10,15-18,20,24H,3-4,6,8-9,11-14H2,1-2H3,(H,31,34);4H,1,3,5H2,2H3. The number of morpholine rings is 1. The number of carbonyl (C=O) groups excluding carboxylic acids is 1. The Labute approximate surface area is 244 Å². The molecular weight excluding hydrogens is 508 g/mol. The Balaban J connectivity index is 0.000000511. The lowest BCUT2D eigenvalue weighted by Crippen LogP contribution is -2.43. The van der Waals surface area contributed by atoms with E-state index in [-0.39, 0.29) is 5.91 Å². The second kappa shape index (κ2) is 13.0. The van der Waals surface area contributed by atoms with Crippen LogP contribution in [0.1, 0.15) is 78.5 Å². The molecule has 0 bridgehead atoms. The highest BCUT2D eigenvalue weighted by Crippen LogP contribution is 2.41. The predicted molar refractivity (Wildman–Crippen MR) is 169 cm³/mol. The van der Waals surface area contributed by atoms with Crippen LogP contribution < -0.4 is 5.32 Å². The van der Waals surface area contributed by atoms with E-state index in [0.29, 0.717) is 12.0 Å². The van der Waals surface area contributed by atoms with E-state index in [1.54, 1.807) is 12.3 Å². The molecule has 3 aliphatic rings. The first kappa shape index (κ1) is 29.0. The number of hydrogen-bond donors (Lipinski definition) is 1. The largest absolute Gasteiger partial charge is 0.379 e. The number of hydrogen-bond acceptors (Lipinski definition) is 4. The van der Waals surface area contributed by atoms with Gasteiger partial charge in [0.25, 0.3) is 5.91 Å². The first-order valence-corrected chi connectivity index (χ1v) is 15.1. The molecule has 3 heterocycles. The summed E-state index contributed by atoms with van der Waals surface area (Å²) in [6, 6.07) is 9.21. The number of nitrogens with one attached hydrogen (secondary N) is 1. The molecule has 0 spiro atoms. The zero-order chi connectivity index (χ0) is 28.9. The second-order valence-electron chi connectivity index (χ2n) is 11.6. The molecular formula is C35H44N4O2. The van der Waals surface area contributed by atoms with Gasteiger partial charge < -0.3 is 14.6 Å². The van der Waals surface area contributed by atoms with Crippen LogP contribution in [-0.4, -0.2) is 52.7 Å². The number of anilines is 1. The summed E-state index contributed by atoms with van der Waals surface area (Å²) in [4.78, 5) is 20.6. The van der Waals surface area contributed by atoms with Gasteiger partial charge in [-0.25, -0.2) is 0 Å². The molecule has 0 radical (unpaired) electrons. The number of pyridine rings is 1. The molecule has 1 saturated carbocycles. The number of aromatic nitrogens is 2. The molecule has 6 nitrogen and oxygen atoms in total. The summed E-state index contributed by atoms with van der Waals surface area (Å²) in [5.74, 6) is 0.580. The smallest absolute Gasteiger partial charge is 0.257 e.